The maximum absolute atomic E-state index is 11.4. The van der Waals surface area contributed by atoms with Gasteiger partial charge in [-0.2, -0.15) is 8.42 Å². The zero-order valence-electron chi connectivity index (χ0n) is 9.35. The molecule has 0 bridgehead atoms. The van der Waals surface area contributed by atoms with Crippen LogP contribution in [-0.4, -0.2) is 14.0 Å². The maximum Gasteiger partial charge on any atom is 0.449 e. The van der Waals surface area contributed by atoms with Crippen molar-refractivity contribution in [2.45, 2.75) is 33.3 Å². The summed E-state index contributed by atoms with van der Waals surface area (Å²) in [5, 5.41) is 0. The summed E-state index contributed by atoms with van der Waals surface area (Å²) in [6, 6.07) is 0. The highest BCUT2D eigenvalue weighted by atomic mass is 32.3. The van der Waals surface area contributed by atoms with Crippen LogP contribution in [0.4, 0.5) is 0 Å². The quantitative estimate of drug-likeness (QED) is 0.639. The maximum atomic E-state index is 11.4. The Morgan fingerprint density at radius 1 is 1.20 bits per heavy atom. The largest absolute Gasteiger partial charge is 0.449 e. The van der Waals surface area contributed by atoms with Gasteiger partial charge in [0.25, 0.3) is 0 Å². The van der Waals surface area contributed by atoms with Crippen molar-refractivity contribution in [3.63, 3.8) is 0 Å². The molecule has 2 unspecified atom stereocenters. The van der Waals surface area contributed by atoms with E-state index in [0.29, 0.717) is 0 Å². The standard InChI is InChI=1S/C10H16O4S/c1-7-8(2)10(7)9(3,4)5-6-13-15(11,12)14-10/h5-8H,1-4H3. The van der Waals surface area contributed by atoms with Crippen LogP contribution >= 0.6 is 0 Å². The Hall–Kier alpha value is -0.550. The summed E-state index contributed by atoms with van der Waals surface area (Å²) >= 11 is 0. The minimum atomic E-state index is -3.89. The third-order valence-electron chi connectivity index (χ3n) is 3.90. The summed E-state index contributed by atoms with van der Waals surface area (Å²) in [6.45, 7) is 7.93. The van der Waals surface area contributed by atoms with Gasteiger partial charge in [-0.25, -0.2) is 4.18 Å². The van der Waals surface area contributed by atoms with Crippen molar-refractivity contribution in [3.05, 3.63) is 12.3 Å². The SMILES string of the molecule is CC1C(C)C12OS(=O)(=O)OC=CC2(C)C. The molecule has 1 aliphatic heterocycles. The summed E-state index contributed by atoms with van der Waals surface area (Å²) in [5.74, 6) is 0.433. The van der Waals surface area contributed by atoms with Crippen LogP contribution in [0.5, 0.6) is 0 Å². The molecule has 1 heterocycles. The van der Waals surface area contributed by atoms with Crippen LogP contribution in [0.2, 0.25) is 0 Å². The fourth-order valence-electron chi connectivity index (χ4n) is 2.75. The normalized spacial score (nSPS) is 45.9. The molecule has 2 aliphatic rings. The molecule has 1 saturated carbocycles. The molecule has 0 saturated heterocycles. The Balaban J connectivity index is 2.48. The topological polar surface area (TPSA) is 52.6 Å². The molecule has 0 aromatic heterocycles. The number of rotatable bonds is 0. The van der Waals surface area contributed by atoms with Crippen LogP contribution in [0.3, 0.4) is 0 Å². The van der Waals surface area contributed by atoms with Gasteiger partial charge in [0.05, 0.1) is 0 Å². The van der Waals surface area contributed by atoms with Crippen molar-refractivity contribution in [1.82, 2.24) is 0 Å². The Kier molecular flexibility index (Phi) is 2.02. The molecule has 1 spiro atoms. The van der Waals surface area contributed by atoms with Crippen molar-refractivity contribution in [1.29, 1.82) is 0 Å². The third-order valence-corrected chi connectivity index (χ3v) is 4.73. The summed E-state index contributed by atoms with van der Waals surface area (Å²) < 4.78 is 32.6. The average Bonchev–Trinajstić information content (AvgIpc) is 2.59. The van der Waals surface area contributed by atoms with Gasteiger partial charge in [-0.1, -0.05) is 27.7 Å². The van der Waals surface area contributed by atoms with Crippen molar-refractivity contribution in [2.75, 3.05) is 0 Å². The second-order valence-electron chi connectivity index (χ2n) is 4.98. The molecule has 86 valence electrons. The summed E-state index contributed by atoms with van der Waals surface area (Å²) in [4.78, 5) is 0. The third kappa shape index (κ3) is 1.33. The molecule has 0 aromatic carbocycles. The second-order valence-corrected chi connectivity index (χ2v) is 6.16. The Morgan fingerprint density at radius 2 is 1.73 bits per heavy atom. The van der Waals surface area contributed by atoms with E-state index in [1.807, 2.05) is 27.7 Å². The highest BCUT2D eigenvalue weighted by molar-refractivity contribution is 7.82. The van der Waals surface area contributed by atoms with Crippen molar-refractivity contribution < 1.29 is 16.8 Å². The molecule has 2 atom stereocenters. The average molecular weight is 232 g/mol. The highest BCUT2D eigenvalue weighted by Crippen LogP contribution is 2.64. The molecule has 4 nitrogen and oxygen atoms in total. The molecule has 1 fully saturated rings. The van der Waals surface area contributed by atoms with Gasteiger partial charge in [0.2, 0.25) is 0 Å². The van der Waals surface area contributed by atoms with Gasteiger partial charge in [0.15, 0.2) is 0 Å². The fourth-order valence-corrected chi connectivity index (χ4v) is 3.84. The van der Waals surface area contributed by atoms with E-state index < -0.39 is 16.0 Å². The lowest BCUT2D eigenvalue weighted by atomic mass is 9.82. The molecule has 1 aliphatic carbocycles. The Morgan fingerprint density at radius 3 is 2.20 bits per heavy atom. The van der Waals surface area contributed by atoms with Crippen molar-refractivity contribution >= 4 is 10.4 Å². The van der Waals surface area contributed by atoms with Crippen LogP contribution in [0.1, 0.15) is 27.7 Å². The second kappa shape index (κ2) is 2.77. The van der Waals surface area contributed by atoms with Crippen LogP contribution in [0.25, 0.3) is 0 Å². The lowest BCUT2D eigenvalue weighted by molar-refractivity contribution is 0.0578. The van der Waals surface area contributed by atoms with E-state index in [-0.39, 0.29) is 17.3 Å². The van der Waals surface area contributed by atoms with Crippen LogP contribution in [-0.2, 0) is 18.8 Å². The van der Waals surface area contributed by atoms with E-state index in [1.54, 1.807) is 6.08 Å². The Labute approximate surface area is 90.6 Å². The van der Waals surface area contributed by atoms with Crippen molar-refractivity contribution in [2.24, 2.45) is 17.3 Å². The summed E-state index contributed by atoms with van der Waals surface area (Å²) in [5.41, 5.74) is -0.978. The van der Waals surface area contributed by atoms with E-state index in [0.717, 1.165) is 0 Å². The monoisotopic (exact) mass is 232 g/mol. The molecule has 15 heavy (non-hydrogen) atoms. The van der Waals surface area contributed by atoms with E-state index in [9.17, 15) is 8.42 Å². The molecule has 5 heteroatoms. The summed E-state index contributed by atoms with van der Waals surface area (Å²) in [6.07, 6.45) is 2.97. The first kappa shape index (κ1) is 11.0. The first-order chi connectivity index (χ1) is 6.73. The van der Waals surface area contributed by atoms with Gasteiger partial charge in [0.1, 0.15) is 11.9 Å². The first-order valence-corrected chi connectivity index (χ1v) is 6.38. The van der Waals surface area contributed by atoms with E-state index in [2.05, 4.69) is 4.18 Å². The minimum absolute atomic E-state index is 0.216. The smallest absolute Gasteiger partial charge is 0.370 e. The van der Waals surface area contributed by atoms with Gasteiger partial charge in [-0.15, -0.1) is 0 Å². The highest BCUT2D eigenvalue weighted by Gasteiger charge is 2.70. The molecule has 2 rings (SSSR count). The predicted molar refractivity (Wildman–Crippen MR) is 55.1 cm³/mol. The lowest BCUT2D eigenvalue weighted by Crippen LogP contribution is -2.36. The van der Waals surface area contributed by atoms with Crippen LogP contribution < -0.4 is 0 Å². The van der Waals surface area contributed by atoms with E-state index >= 15 is 0 Å². The molecule has 0 amide bonds. The number of hydrogen-bond acceptors (Lipinski definition) is 4. The Bertz CT molecular complexity index is 399. The first-order valence-electron chi connectivity index (χ1n) is 5.04. The van der Waals surface area contributed by atoms with E-state index in [1.165, 1.54) is 6.26 Å². The molecular weight excluding hydrogens is 216 g/mol. The molecule has 0 N–H and O–H groups in total. The zero-order valence-corrected chi connectivity index (χ0v) is 10.2. The van der Waals surface area contributed by atoms with Crippen LogP contribution in [0, 0.1) is 17.3 Å². The van der Waals surface area contributed by atoms with Gasteiger partial charge in [-0.3, -0.25) is 0 Å². The molecule has 0 radical (unpaired) electrons. The predicted octanol–water partition coefficient (Wildman–Crippen LogP) is 1.84. The minimum Gasteiger partial charge on any atom is -0.370 e. The fraction of sp³-hybridized carbons (Fsp3) is 0.800. The van der Waals surface area contributed by atoms with Gasteiger partial charge in [-0.05, 0) is 17.9 Å². The zero-order chi connectivity index (χ0) is 11.5. The number of hydrogen-bond donors (Lipinski definition) is 0. The summed E-state index contributed by atoms with van der Waals surface area (Å²) in [7, 11) is -3.89. The van der Waals surface area contributed by atoms with Gasteiger partial charge >= 0.3 is 10.4 Å². The lowest BCUT2D eigenvalue weighted by Gasteiger charge is -2.30. The molecular formula is C10H16O4S. The van der Waals surface area contributed by atoms with E-state index in [4.69, 9.17) is 4.18 Å². The van der Waals surface area contributed by atoms with Crippen LogP contribution in [0.15, 0.2) is 12.3 Å². The van der Waals surface area contributed by atoms with Gasteiger partial charge < -0.3 is 4.18 Å². The van der Waals surface area contributed by atoms with Gasteiger partial charge in [0, 0.05) is 5.41 Å². The van der Waals surface area contributed by atoms with Crippen molar-refractivity contribution in [3.8, 4) is 0 Å². The molecule has 0 aromatic rings.